The molecule has 0 atom stereocenters. The summed E-state index contributed by atoms with van der Waals surface area (Å²) in [6.45, 7) is 9.79. The van der Waals surface area contributed by atoms with Gasteiger partial charge >= 0.3 is 0 Å². The van der Waals surface area contributed by atoms with E-state index in [4.69, 9.17) is 0 Å². The normalized spacial score (nSPS) is 16.2. The fourth-order valence-electron chi connectivity index (χ4n) is 3.19. The van der Waals surface area contributed by atoms with Crippen LogP contribution in [0.5, 0.6) is 0 Å². The van der Waals surface area contributed by atoms with E-state index >= 15 is 0 Å². The van der Waals surface area contributed by atoms with E-state index in [1.807, 2.05) is 39.8 Å². The molecule has 134 valence electrons. The molecule has 0 spiro atoms. The minimum atomic E-state index is -3.46. The van der Waals surface area contributed by atoms with Gasteiger partial charge in [0.15, 0.2) is 0 Å². The number of rotatable bonds is 3. The van der Waals surface area contributed by atoms with Gasteiger partial charge in [-0.3, -0.25) is 4.98 Å². The van der Waals surface area contributed by atoms with Crippen molar-refractivity contribution in [2.75, 3.05) is 31.1 Å². The molecule has 2 heterocycles. The molecule has 1 aromatic carbocycles. The van der Waals surface area contributed by atoms with Crippen LogP contribution in [0.2, 0.25) is 0 Å². The number of hydrogen-bond donors (Lipinski definition) is 0. The lowest BCUT2D eigenvalue weighted by atomic mass is 10.2. The summed E-state index contributed by atoms with van der Waals surface area (Å²) < 4.78 is 27.5. The van der Waals surface area contributed by atoms with Crippen LogP contribution in [0.4, 0.5) is 5.82 Å². The van der Waals surface area contributed by atoms with Crippen molar-refractivity contribution in [2.24, 2.45) is 0 Å². The predicted molar refractivity (Wildman–Crippen MR) is 98.4 cm³/mol. The topological polar surface area (TPSA) is 66.4 Å². The third-order valence-electron chi connectivity index (χ3n) is 4.54. The number of hydrogen-bond acceptors (Lipinski definition) is 5. The summed E-state index contributed by atoms with van der Waals surface area (Å²) in [5, 5.41) is 0. The molecule has 0 N–H and O–H groups in total. The zero-order valence-electron chi connectivity index (χ0n) is 15.2. The minimum absolute atomic E-state index is 0.401. The van der Waals surface area contributed by atoms with Gasteiger partial charge < -0.3 is 4.90 Å². The van der Waals surface area contributed by atoms with Crippen molar-refractivity contribution in [2.45, 2.75) is 32.6 Å². The van der Waals surface area contributed by atoms with E-state index in [0.717, 1.165) is 28.3 Å². The number of sulfonamides is 1. The first kappa shape index (κ1) is 17.8. The molecule has 6 nitrogen and oxygen atoms in total. The molecule has 1 aliphatic heterocycles. The van der Waals surface area contributed by atoms with Crippen molar-refractivity contribution in [3.63, 3.8) is 0 Å². The van der Waals surface area contributed by atoms with Crippen molar-refractivity contribution < 1.29 is 8.42 Å². The number of anilines is 1. The lowest BCUT2D eigenvalue weighted by Gasteiger charge is -2.35. The Hall–Kier alpha value is -1.99. The molecule has 0 unspecified atom stereocenters. The number of piperazine rings is 1. The second kappa shape index (κ2) is 6.72. The van der Waals surface area contributed by atoms with E-state index in [9.17, 15) is 8.42 Å². The van der Waals surface area contributed by atoms with Crippen LogP contribution in [0, 0.1) is 27.7 Å². The summed E-state index contributed by atoms with van der Waals surface area (Å²) >= 11 is 0. The Kier molecular flexibility index (Phi) is 4.79. The Morgan fingerprint density at radius 2 is 1.68 bits per heavy atom. The highest BCUT2D eigenvalue weighted by Gasteiger charge is 2.30. The van der Waals surface area contributed by atoms with Crippen LogP contribution in [-0.4, -0.2) is 48.9 Å². The SMILES string of the molecule is Cc1ccc(S(=O)(=O)N2CCN(c3nc(C)cnc3C)CC2)c(C)c1. The third-order valence-corrected chi connectivity index (χ3v) is 6.60. The second-order valence-electron chi connectivity index (χ2n) is 6.58. The first-order valence-electron chi connectivity index (χ1n) is 8.41. The summed E-state index contributed by atoms with van der Waals surface area (Å²) in [7, 11) is -3.46. The van der Waals surface area contributed by atoms with Crippen LogP contribution in [0.15, 0.2) is 29.3 Å². The number of aryl methyl sites for hydroxylation is 4. The van der Waals surface area contributed by atoms with E-state index < -0.39 is 10.0 Å². The minimum Gasteiger partial charge on any atom is -0.352 e. The Balaban J connectivity index is 1.78. The quantitative estimate of drug-likeness (QED) is 0.840. The molecule has 3 rings (SSSR count). The van der Waals surface area contributed by atoms with E-state index in [2.05, 4.69) is 14.9 Å². The highest BCUT2D eigenvalue weighted by molar-refractivity contribution is 7.89. The predicted octanol–water partition coefficient (Wildman–Crippen LogP) is 2.22. The molecular weight excluding hydrogens is 336 g/mol. The molecule has 0 saturated carbocycles. The smallest absolute Gasteiger partial charge is 0.243 e. The first-order valence-corrected chi connectivity index (χ1v) is 9.85. The third kappa shape index (κ3) is 3.52. The average molecular weight is 360 g/mol. The van der Waals surface area contributed by atoms with Crippen LogP contribution < -0.4 is 4.90 Å². The van der Waals surface area contributed by atoms with Gasteiger partial charge in [0.25, 0.3) is 0 Å². The molecule has 1 aliphatic rings. The van der Waals surface area contributed by atoms with E-state index in [1.54, 1.807) is 16.6 Å². The van der Waals surface area contributed by atoms with Crippen LogP contribution in [-0.2, 0) is 10.0 Å². The summed E-state index contributed by atoms with van der Waals surface area (Å²) in [6.07, 6.45) is 1.75. The van der Waals surface area contributed by atoms with Gasteiger partial charge in [0.1, 0.15) is 5.82 Å². The molecule has 1 saturated heterocycles. The van der Waals surface area contributed by atoms with Crippen molar-refractivity contribution in [1.82, 2.24) is 14.3 Å². The van der Waals surface area contributed by atoms with Crippen molar-refractivity contribution in [3.8, 4) is 0 Å². The number of nitrogens with zero attached hydrogens (tertiary/aromatic N) is 4. The fourth-order valence-corrected chi connectivity index (χ4v) is 4.82. The molecule has 1 aromatic heterocycles. The van der Waals surface area contributed by atoms with Crippen LogP contribution in [0.1, 0.15) is 22.5 Å². The maximum absolute atomic E-state index is 13.0. The largest absolute Gasteiger partial charge is 0.352 e. The van der Waals surface area contributed by atoms with Crippen molar-refractivity contribution in [3.05, 3.63) is 46.9 Å². The zero-order chi connectivity index (χ0) is 18.2. The highest BCUT2D eigenvalue weighted by Crippen LogP contribution is 2.24. The molecular formula is C18H24N4O2S. The Labute approximate surface area is 149 Å². The second-order valence-corrected chi connectivity index (χ2v) is 8.49. The van der Waals surface area contributed by atoms with Gasteiger partial charge in [-0.2, -0.15) is 4.31 Å². The summed E-state index contributed by atoms with van der Waals surface area (Å²) in [6, 6.07) is 5.47. The molecule has 0 amide bonds. The maximum atomic E-state index is 13.0. The molecule has 7 heteroatoms. The lowest BCUT2D eigenvalue weighted by molar-refractivity contribution is 0.383. The van der Waals surface area contributed by atoms with Gasteiger partial charge in [-0.05, 0) is 39.3 Å². The number of benzene rings is 1. The van der Waals surface area contributed by atoms with Crippen LogP contribution in [0.3, 0.4) is 0 Å². The molecule has 25 heavy (non-hydrogen) atoms. The molecule has 0 aliphatic carbocycles. The summed E-state index contributed by atoms with van der Waals surface area (Å²) in [5.41, 5.74) is 3.60. The van der Waals surface area contributed by atoms with Crippen LogP contribution in [0.25, 0.3) is 0 Å². The summed E-state index contributed by atoms with van der Waals surface area (Å²) in [4.78, 5) is 11.4. The summed E-state index contributed by atoms with van der Waals surface area (Å²) in [5.74, 6) is 0.851. The Morgan fingerprint density at radius 1 is 1.00 bits per heavy atom. The molecule has 2 aromatic rings. The molecule has 1 fully saturated rings. The van der Waals surface area contributed by atoms with Gasteiger partial charge in [-0.25, -0.2) is 13.4 Å². The fraction of sp³-hybridized carbons (Fsp3) is 0.444. The zero-order valence-corrected chi connectivity index (χ0v) is 16.0. The standard InChI is InChI=1S/C18H24N4O2S/c1-13-5-6-17(14(2)11-13)25(23,24)22-9-7-21(8-10-22)18-16(4)19-12-15(3)20-18/h5-6,11-12H,7-10H2,1-4H3. The van der Waals surface area contributed by atoms with Gasteiger partial charge in [0.05, 0.1) is 16.3 Å². The van der Waals surface area contributed by atoms with Gasteiger partial charge in [-0.1, -0.05) is 17.7 Å². The maximum Gasteiger partial charge on any atom is 0.243 e. The Bertz CT molecular complexity index is 888. The number of aromatic nitrogens is 2. The molecule has 0 radical (unpaired) electrons. The van der Waals surface area contributed by atoms with E-state index in [-0.39, 0.29) is 0 Å². The van der Waals surface area contributed by atoms with Crippen LogP contribution >= 0.6 is 0 Å². The lowest BCUT2D eigenvalue weighted by Crippen LogP contribution is -2.49. The van der Waals surface area contributed by atoms with Gasteiger partial charge in [-0.15, -0.1) is 0 Å². The highest BCUT2D eigenvalue weighted by atomic mass is 32.2. The van der Waals surface area contributed by atoms with Crippen molar-refractivity contribution in [1.29, 1.82) is 0 Å². The first-order chi connectivity index (χ1) is 11.8. The van der Waals surface area contributed by atoms with Crippen molar-refractivity contribution >= 4 is 15.8 Å². The van der Waals surface area contributed by atoms with E-state index in [0.29, 0.717) is 31.1 Å². The monoisotopic (exact) mass is 360 g/mol. The van der Waals surface area contributed by atoms with Gasteiger partial charge in [0.2, 0.25) is 10.0 Å². The Morgan fingerprint density at radius 3 is 2.32 bits per heavy atom. The average Bonchev–Trinajstić information content (AvgIpc) is 2.57. The molecule has 0 bridgehead atoms. The van der Waals surface area contributed by atoms with Gasteiger partial charge in [0, 0.05) is 32.4 Å². The van der Waals surface area contributed by atoms with E-state index in [1.165, 1.54) is 0 Å².